The van der Waals surface area contributed by atoms with Gasteiger partial charge in [-0.15, -0.1) is 0 Å². The van der Waals surface area contributed by atoms with Crippen LogP contribution in [0.2, 0.25) is 0 Å². The first kappa shape index (κ1) is 10.1. The molecule has 3 rings (SSSR count). The molecule has 0 unspecified atom stereocenters. The molecule has 0 atom stereocenters. The third-order valence-electron chi connectivity index (χ3n) is 3.44. The molecule has 0 aliphatic carbocycles. The van der Waals surface area contributed by atoms with Crippen molar-refractivity contribution in [3.8, 4) is 0 Å². The second-order valence-electron chi connectivity index (χ2n) is 4.56. The summed E-state index contributed by atoms with van der Waals surface area (Å²) < 4.78 is 0. The fourth-order valence-corrected chi connectivity index (χ4v) is 3.10. The molecule has 2 heterocycles. The van der Waals surface area contributed by atoms with E-state index in [1.165, 1.54) is 11.1 Å². The molecular weight excluding hydrogens is 214 g/mol. The van der Waals surface area contributed by atoms with Crippen LogP contribution in [0.25, 0.3) is 0 Å². The van der Waals surface area contributed by atoms with E-state index in [0.717, 1.165) is 19.5 Å². The molecule has 1 saturated heterocycles. The van der Waals surface area contributed by atoms with Gasteiger partial charge in [-0.3, -0.25) is 0 Å². The van der Waals surface area contributed by atoms with Crippen molar-refractivity contribution in [3.05, 3.63) is 58.3 Å². The van der Waals surface area contributed by atoms with Crippen LogP contribution in [0.1, 0.15) is 11.1 Å². The minimum Gasteiger partial charge on any atom is -0.315 e. The molecule has 0 bridgehead atoms. The van der Waals surface area contributed by atoms with E-state index in [-0.39, 0.29) is 0 Å². The Kier molecular flexibility index (Phi) is 2.54. The van der Waals surface area contributed by atoms with Crippen molar-refractivity contribution in [1.82, 2.24) is 5.32 Å². The third-order valence-corrected chi connectivity index (χ3v) is 4.17. The van der Waals surface area contributed by atoms with Crippen LogP contribution in [0.3, 0.4) is 0 Å². The lowest BCUT2D eigenvalue weighted by Crippen LogP contribution is -2.58. The number of benzene rings is 1. The average Bonchev–Trinajstić information content (AvgIpc) is 2.77. The Labute approximate surface area is 100 Å². The number of thiophene rings is 1. The molecule has 1 aliphatic rings. The van der Waals surface area contributed by atoms with E-state index in [4.69, 9.17) is 0 Å². The zero-order chi connectivity index (χ0) is 10.8. The minimum atomic E-state index is 0.336. The summed E-state index contributed by atoms with van der Waals surface area (Å²) in [5.74, 6) is 0. The lowest BCUT2D eigenvalue weighted by molar-refractivity contribution is 0.275. The second-order valence-corrected chi connectivity index (χ2v) is 5.34. The van der Waals surface area contributed by atoms with Crippen LogP contribution < -0.4 is 5.32 Å². The van der Waals surface area contributed by atoms with Crippen LogP contribution in [0.4, 0.5) is 0 Å². The Morgan fingerprint density at radius 2 is 1.94 bits per heavy atom. The van der Waals surface area contributed by atoms with Crippen LogP contribution in [-0.4, -0.2) is 13.1 Å². The van der Waals surface area contributed by atoms with Crippen molar-refractivity contribution in [2.75, 3.05) is 13.1 Å². The van der Waals surface area contributed by atoms with Gasteiger partial charge in [0.2, 0.25) is 0 Å². The van der Waals surface area contributed by atoms with Crippen molar-refractivity contribution in [1.29, 1.82) is 0 Å². The summed E-state index contributed by atoms with van der Waals surface area (Å²) in [5.41, 5.74) is 3.28. The normalized spacial score (nSPS) is 18.0. The summed E-state index contributed by atoms with van der Waals surface area (Å²) in [4.78, 5) is 0. The Morgan fingerprint density at radius 1 is 1.12 bits per heavy atom. The topological polar surface area (TPSA) is 12.0 Å². The zero-order valence-corrected chi connectivity index (χ0v) is 9.96. The molecule has 2 aromatic rings. The van der Waals surface area contributed by atoms with Gasteiger partial charge in [0.25, 0.3) is 0 Å². The van der Waals surface area contributed by atoms with Gasteiger partial charge in [-0.2, -0.15) is 11.3 Å². The zero-order valence-electron chi connectivity index (χ0n) is 9.15. The van der Waals surface area contributed by atoms with E-state index >= 15 is 0 Å². The third kappa shape index (κ3) is 1.68. The van der Waals surface area contributed by atoms with Crippen LogP contribution in [0.15, 0.2) is 47.2 Å². The van der Waals surface area contributed by atoms with E-state index < -0.39 is 0 Å². The molecule has 1 aromatic carbocycles. The fourth-order valence-electron chi connectivity index (χ4n) is 2.43. The van der Waals surface area contributed by atoms with Gasteiger partial charge in [0.05, 0.1) is 0 Å². The Morgan fingerprint density at radius 3 is 2.50 bits per heavy atom. The molecule has 16 heavy (non-hydrogen) atoms. The van der Waals surface area contributed by atoms with Crippen LogP contribution in [0, 0.1) is 0 Å². The largest absolute Gasteiger partial charge is 0.315 e. The Balaban J connectivity index is 1.89. The lowest BCUT2D eigenvalue weighted by atomic mass is 9.71. The summed E-state index contributed by atoms with van der Waals surface area (Å²) in [7, 11) is 0. The van der Waals surface area contributed by atoms with Gasteiger partial charge in [-0.1, -0.05) is 30.3 Å². The molecule has 1 aromatic heterocycles. The summed E-state index contributed by atoms with van der Waals surface area (Å²) >= 11 is 1.79. The van der Waals surface area contributed by atoms with E-state index in [0.29, 0.717) is 5.41 Å². The maximum atomic E-state index is 3.42. The first-order valence-electron chi connectivity index (χ1n) is 5.66. The molecule has 0 spiro atoms. The predicted molar refractivity (Wildman–Crippen MR) is 69.0 cm³/mol. The smallest absolute Gasteiger partial charge is 0.0243 e. The molecule has 2 heteroatoms. The van der Waals surface area contributed by atoms with Gasteiger partial charge in [-0.25, -0.2) is 0 Å². The molecule has 0 saturated carbocycles. The molecule has 1 aliphatic heterocycles. The summed E-state index contributed by atoms with van der Waals surface area (Å²) in [6.45, 7) is 2.21. The summed E-state index contributed by atoms with van der Waals surface area (Å²) in [6.07, 6.45) is 1.16. The Hall–Kier alpha value is -1.12. The maximum absolute atomic E-state index is 3.42. The number of rotatable bonds is 3. The highest BCUT2D eigenvalue weighted by Crippen LogP contribution is 2.32. The molecule has 82 valence electrons. The SMILES string of the molecule is c1ccc(C2(Cc3ccsc3)CNC2)cc1. The highest BCUT2D eigenvalue weighted by Gasteiger charge is 2.38. The molecule has 1 N–H and O–H groups in total. The standard InChI is InChI=1S/C14H15NS/c1-2-4-13(5-3-1)14(10-15-11-14)8-12-6-7-16-9-12/h1-7,9,15H,8,10-11H2. The minimum absolute atomic E-state index is 0.336. The van der Waals surface area contributed by atoms with Crippen LogP contribution in [-0.2, 0) is 11.8 Å². The van der Waals surface area contributed by atoms with Crippen molar-refractivity contribution < 1.29 is 0 Å². The quantitative estimate of drug-likeness (QED) is 0.853. The predicted octanol–water partition coefficient (Wildman–Crippen LogP) is 2.83. The highest BCUT2D eigenvalue weighted by molar-refractivity contribution is 7.07. The van der Waals surface area contributed by atoms with E-state index in [2.05, 4.69) is 52.5 Å². The van der Waals surface area contributed by atoms with E-state index in [1.54, 1.807) is 11.3 Å². The van der Waals surface area contributed by atoms with Crippen molar-refractivity contribution in [3.63, 3.8) is 0 Å². The van der Waals surface area contributed by atoms with Crippen molar-refractivity contribution in [2.45, 2.75) is 11.8 Å². The molecule has 1 fully saturated rings. The molecule has 0 amide bonds. The summed E-state index contributed by atoms with van der Waals surface area (Å²) in [5, 5.41) is 7.85. The Bertz CT molecular complexity index is 443. The number of nitrogens with one attached hydrogen (secondary N) is 1. The van der Waals surface area contributed by atoms with Gasteiger partial charge in [-0.05, 0) is 34.4 Å². The number of hydrogen-bond acceptors (Lipinski definition) is 2. The van der Waals surface area contributed by atoms with Gasteiger partial charge in [0.1, 0.15) is 0 Å². The van der Waals surface area contributed by atoms with Gasteiger partial charge < -0.3 is 5.32 Å². The van der Waals surface area contributed by atoms with Crippen molar-refractivity contribution >= 4 is 11.3 Å². The van der Waals surface area contributed by atoms with E-state index in [9.17, 15) is 0 Å². The van der Waals surface area contributed by atoms with Crippen LogP contribution in [0.5, 0.6) is 0 Å². The van der Waals surface area contributed by atoms with Crippen molar-refractivity contribution in [2.24, 2.45) is 0 Å². The molecular formula is C14H15NS. The average molecular weight is 229 g/mol. The summed E-state index contributed by atoms with van der Waals surface area (Å²) in [6, 6.07) is 13.1. The van der Waals surface area contributed by atoms with Gasteiger partial charge >= 0.3 is 0 Å². The van der Waals surface area contributed by atoms with Gasteiger partial charge in [0.15, 0.2) is 0 Å². The maximum Gasteiger partial charge on any atom is 0.0243 e. The molecule has 1 nitrogen and oxygen atoms in total. The van der Waals surface area contributed by atoms with Gasteiger partial charge in [0, 0.05) is 18.5 Å². The number of hydrogen-bond donors (Lipinski definition) is 1. The van der Waals surface area contributed by atoms with E-state index in [1.807, 2.05) is 0 Å². The molecule has 0 radical (unpaired) electrons. The highest BCUT2D eigenvalue weighted by atomic mass is 32.1. The fraction of sp³-hybridized carbons (Fsp3) is 0.286. The monoisotopic (exact) mass is 229 g/mol. The lowest BCUT2D eigenvalue weighted by Gasteiger charge is -2.43. The van der Waals surface area contributed by atoms with Crippen LogP contribution >= 0.6 is 11.3 Å². The second kappa shape index (κ2) is 4.04. The first-order valence-corrected chi connectivity index (χ1v) is 6.61. The first-order chi connectivity index (χ1) is 7.89.